The molecule has 0 rings (SSSR count). The molecule has 0 atom stereocenters. The van der Waals surface area contributed by atoms with Gasteiger partial charge in [0.25, 0.3) is 0 Å². The van der Waals surface area contributed by atoms with E-state index < -0.39 is 14.6 Å². The largest absolute Gasteiger partial charge is 0.500 e. The average molecular weight is 279 g/mol. The van der Waals surface area contributed by atoms with E-state index in [-0.39, 0.29) is 0 Å². The second-order valence-electron chi connectivity index (χ2n) is 4.30. The Bertz CT molecular complexity index is 195. The summed E-state index contributed by atoms with van der Waals surface area (Å²) in [6, 6.07) is 0.769. The van der Waals surface area contributed by atoms with Crippen LogP contribution >= 0.6 is 0 Å². The molecule has 7 heteroatoms. The Labute approximate surface area is 112 Å². The zero-order valence-electron chi connectivity index (χ0n) is 12.1. The van der Waals surface area contributed by atoms with Crippen LogP contribution in [0.3, 0.4) is 0 Å². The molecule has 0 saturated heterocycles. The zero-order valence-corrected chi connectivity index (χ0v) is 13.1. The van der Waals surface area contributed by atoms with Crippen LogP contribution in [0.5, 0.6) is 0 Å². The summed E-state index contributed by atoms with van der Waals surface area (Å²) in [7, 11) is -2.51. The van der Waals surface area contributed by atoms with Gasteiger partial charge in [0.15, 0.2) is 0 Å². The SMILES string of the molecule is CCO[Si](CCCNC(C)(N)N)(OCC)OCC. The molecule has 0 bridgehead atoms. The molecule has 0 aromatic carbocycles. The molecule has 110 valence electrons. The van der Waals surface area contributed by atoms with Crippen molar-refractivity contribution in [3.63, 3.8) is 0 Å². The van der Waals surface area contributed by atoms with Gasteiger partial charge in [0.05, 0.1) is 0 Å². The predicted octanol–water partition coefficient (Wildman–Crippen LogP) is 0.606. The second-order valence-corrected chi connectivity index (χ2v) is 7.03. The Morgan fingerprint density at radius 2 is 1.44 bits per heavy atom. The van der Waals surface area contributed by atoms with E-state index >= 15 is 0 Å². The Morgan fingerprint density at radius 1 is 1.00 bits per heavy atom. The van der Waals surface area contributed by atoms with Gasteiger partial charge >= 0.3 is 8.80 Å². The fraction of sp³-hybridized carbons (Fsp3) is 1.00. The van der Waals surface area contributed by atoms with Crippen molar-refractivity contribution in [3.8, 4) is 0 Å². The lowest BCUT2D eigenvalue weighted by atomic mass is 10.4. The maximum atomic E-state index is 5.75. The zero-order chi connectivity index (χ0) is 14.1. The smallest absolute Gasteiger partial charge is 0.374 e. The fourth-order valence-electron chi connectivity index (χ4n) is 1.66. The Kier molecular flexibility index (Phi) is 8.96. The standard InChI is InChI=1S/C11H29N3O3Si/c1-5-15-18(16-6-2,17-7-3)10-8-9-14-11(4,12)13/h14H,5-10,12-13H2,1-4H3. The normalized spacial score (nSPS) is 13.0. The quantitative estimate of drug-likeness (QED) is 0.291. The van der Waals surface area contributed by atoms with E-state index in [1.807, 2.05) is 20.8 Å². The predicted molar refractivity (Wildman–Crippen MR) is 74.8 cm³/mol. The molecule has 0 amide bonds. The molecule has 0 aliphatic carbocycles. The summed E-state index contributed by atoms with van der Waals surface area (Å²) in [5, 5.41) is 3.03. The van der Waals surface area contributed by atoms with Crippen molar-refractivity contribution < 1.29 is 13.3 Å². The first-order valence-corrected chi connectivity index (χ1v) is 8.57. The first kappa shape index (κ1) is 18.0. The lowest BCUT2D eigenvalue weighted by Gasteiger charge is -2.29. The molecule has 0 aliphatic rings. The summed E-state index contributed by atoms with van der Waals surface area (Å²) in [6.07, 6.45) is 0.857. The van der Waals surface area contributed by atoms with Gasteiger partial charge in [-0.25, -0.2) is 0 Å². The summed E-state index contributed by atoms with van der Waals surface area (Å²) < 4.78 is 17.2. The Balaban J connectivity index is 4.21. The van der Waals surface area contributed by atoms with Crippen LogP contribution in [0.2, 0.25) is 6.04 Å². The van der Waals surface area contributed by atoms with Gasteiger partial charge in [0, 0.05) is 25.9 Å². The Morgan fingerprint density at radius 3 is 1.78 bits per heavy atom. The molecule has 5 N–H and O–H groups in total. The van der Waals surface area contributed by atoms with Gasteiger partial charge < -0.3 is 24.7 Å². The molecule has 0 fully saturated rings. The maximum Gasteiger partial charge on any atom is 0.500 e. The molecular weight excluding hydrogens is 250 g/mol. The number of hydrogen-bond donors (Lipinski definition) is 3. The molecule has 0 aromatic rings. The first-order chi connectivity index (χ1) is 8.39. The molecule has 0 spiro atoms. The van der Waals surface area contributed by atoms with Crippen LogP contribution in [-0.4, -0.2) is 41.0 Å². The van der Waals surface area contributed by atoms with Gasteiger partial charge in [0.1, 0.15) is 5.79 Å². The van der Waals surface area contributed by atoms with Crippen molar-refractivity contribution in [1.82, 2.24) is 5.32 Å². The van der Waals surface area contributed by atoms with Crippen molar-refractivity contribution in [3.05, 3.63) is 0 Å². The van der Waals surface area contributed by atoms with E-state index in [0.29, 0.717) is 26.4 Å². The van der Waals surface area contributed by atoms with Crippen LogP contribution in [0, 0.1) is 0 Å². The second kappa shape index (κ2) is 8.97. The van der Waals surface area contributed by atoms with Gasteiger partial charge in [-0.2, -0.15) is 0 Å². The van der Waals surface area contributed by atoms with E-state index in [9.17, 15) is 0 Å². The molecule has 0 aromatic heterocycles. The molecule has 18 heavy (non-hydrogen) atoms. The minimum atomic E-state index is -2.51. The van der Waals surface area contributed by atoms with E-state index in [2.05, 4.69) is 5.32 Å². The van der Waals surface area contributed by atoms with Gasteiger partial charge in [-0.3, -0.25) is 5.32 Å². The van der Waals surface area contributed by atoms with E-state index in [4.69, 9.17) is 24.7 Å². The highest BCUT2D eigenvalue weighted by Gasteiger charge is 2.39. The molecule has 0 heterocycles. The van der Waals surface area contributed by atoms with Gasteiger partial charge in [0.2, 0.25) is 0 Å². The molecule has 0 aliphatic heterocycles. The van der Waals surface area contributed by atoms with Crippen LogP contribution in [0.25, 0.3) is 0 Å². The summed E-state index contributed by atoms with van der Waals surface area (Å²) in [6.45, 7) is 10.1. The minimum Gasteiger partial charge on any atom is -0.374 e. The van der Waals surface area contributed by atoms with Crippen LogP contribution in [0.1, 0.15) is 34.1 Å². The summed E-state index contributed by atoms with van der Waals surface area (Å²) in [5.74, 6) is -0.840. The van der Waals surface area contributed by atoms with Crippen LogP contribution in [-0.2, 0) is 13.3 Å². The molecule has 6 nitrogen and oxygen atoms in total. The van der Waals surface area contributed by atoms with Crippen molar-refractivity contribution >= 4 is 8.80 Å². The molecular formula is C11H29N3O3Si. The third-order valence-electron chi connectivity index (χ3n) is 2.26. The first-order valence-electron chi connectivity index (χ1n) is 6.63. The van der Waals surface area contributed by atoms with E-state index in [0.717, 1.165) is 12.5 Å². The molecule has 0 unspecified atom stereocenters. The van der Waals surface area contributed by atoms with Crippen LogP contribution in [0.4, 0.5) is 0 Å². The minimum absolute atomic E-state index is 0.602. The van der Waals surface area contributed by atoms with E-state index in [1.165, 1.54) is 0 Å². The Hall–Kier alpha value is -0.0231. The van der Waals surface area contributed by atoms with E-state index in [1.54, 1.807) is 6.92 Å². The van der Waals surface area contributed by atoms with Crippen molar-refractivity contribution in [2.75, 3.05) is 26.4 Å². The molecule has 0 radical (unpaired) electrons. The monoisotopic (exact) mass is 279 g/mol. The third kappa shape index (κ3) is 8.14. The fourth-order valence-corrected chi connectivity index (χ4v) is 4.28. The summed E-state index contributed by atoms with van der Waals surface area (Å²) in [5.41, 5.74) is 11.3. The third-order valence-corrected chi connectivity index (χ3v) is 5.41. The lowest BCUT2D eigenvalue weighted by Crippen LogP contribution is -2.59. The highest BCUT2D eigenvalue weighted by Crippen LogP contribution is 2.17. The summed E-state index contributed by atoms with van der Waals surface area (Å²) in [4.78, 5) is 0. The van der Waals surface area contributed by atoms with Crippen molar-refractivity contribution in [1.29, 1.82) is 0 Å². The molecule has 0 saturated carbocycles. The highest BCUT2D eigenvalue weighted by atomic mass is 28.4. The number of nitrogens with two attached hydrogens (primary N) is 2. The van der Waals surface area contributed by atoms with Crippen molar-refractivity contribution in [2.24, 2.45) is 11.5 Å². The van der Waals surface area contributed by atoms with Crippen molar-refractivity contribution in [2.45, 2.75) is 45.9 Å². The lowest BCUT2D eigenvalue weighted by molar-refractivity contribution is 0.0706. The highest BCUT2D eigenvalue weighted by molar-refractivity contribution is 6.60. The van der Waals surface area contributed by atoms with Crippen LogP contribution in [0.15, 0.2) is 0 Å². The average Bonchev–Trinajstić information content (AvgIpc) is 2.24. The van der Waals surface area contributed by atoms with Gasteiger partial charge in [-0.15, -0.1) is 0 Å². The topological polar surface area (TPSA) is 91.8 Å². The maximum absolute atomic E-state index is 5.75. The number of rotatable bonds is 11. The van der Waals surface area contributed by atoms with Crippen LogP contribution < -0.4 is 16.8 Å². The van der Waals surface area contributed by atoms with Gasteiger partial charge in [-0.05, 0) is 40.7 Å². The summed E-state index contributed by atoms with van der Waals surface area (Å²) >= 11 is 0. The number of hydrogen-bond acceptors (Lipinski definition) is 6. The van der Waals surface area contributed by atoms with Gasteiger partial charge in [-0.1, -0.05) is 0 Å². The number of nitrogens with one attached hydrogen (secondary N) is 1.